The normalized spacial score (nSPS) is 17.6. The Bertz CT molecular complexity index is 1710. The molecular formula is C28H24BNO2S2. The van der Waals surface area contributed by atoms with Gasteiger partial charge in [-0.3, -0.25) is 0 Å². The highest BCUT2D eigenvalue weighted by molar-refractivity contribution is 7.36. The lowest BCUT2D eigenvalue weighted by Crippen LogP contribution is -2.41. The van der Waals surface area contributed by atoms with Gasteiger partial charge in [-0.25, -0.2) is 0 Å². The van der Waals surface area contributed by atoms with Crippen LogP contribution in [0.2, 0.25) is 0 Å². The summed E-state index contributed by atoms with van der Waals surface area (Å²) in [6.45, 7) is 8.43. The van der Waals surface area contributed by atoms with Crippen LogP contribution in [0.4, 0.5) is 0 Å². The number of hydrogen-bond donors (Lipinski definition) is 0. The quantitative estimate of drug-likeness (QED) is 0.239. The van der Waals surface area contributed by atoms with Crippen molar-refractivity contribution in [2.24, 2.45) is 0 Å². The summed E-state index contributed by atoms with van der Waals surface area (Å²) in [7, 11) is -0.374. The number of para-hydroxylation sites is 1. The van der Waals surface area contributed by atoms with Crippen molar-refractivity contribution in [2.45, 2.75) is 38.9 Å². The first-order valence-corrected chi connectivity index (χ1v) is 13.3. The lowest BCUT2D eigenvalue weighted by Gasteiger charge is -2.32. The molecule has 1 fully saturated rings. The van der Waals surface area contributed by atoms with E-state index in [1.165, 1.54) is 46.3 Å². The van der Waals surface area contributed by atoms with E-state index in [1.807, 2.05) is 22.7 Å². The van der Waals surface area contributed by atoms with E-state index in [9.17, 15) is 0 Å². The van der Waals surface area contributed by atoms with Crippen LogP contribution in [0.1, 0.15) is 27.7 Å². The van der Waals surface area contributed by atoms with Gasteiger partial charge in [0.05, 0.1) is 26.1 Å². The Balaban J connectivity index is 1.54. The Kier molecular flexibility index (Phi) is 4.24. The van der Waals surface area contributed by atoms with Crippen LogP contribution in [-0.2, 0) is 9.31 Å². The predicted octanol–water partition coefficient (Wildman–Crippen LogP) is 7.51. The van der Waals surface area contributed by atoms with Crippen LogP contribution < -0.4 is 5.46 Å². The van der Waals surface area contributed by atoms with Crippen LogP contribution in [0.25, 0.3) is 46.3 Å². The van der Waals surface area contributed by atoms with E-state index in [1.54, 1.807) is 0 Å². The van der Waals surface area contributed by atoms with Crippen molar-refractivity contribution < 1.29 is 9.31 Å². The lowest BCUT2D eigenvalue weighted by molar-refractivity contribution is 0.00578. The third kappa shape index (κ3) is 2.77. The summed E-state index contributed by atoms with van der Waals surface area (Å²) in [6, 6.07) is 26.1. The number of aromatic nitrogens is 1. The summed E-state index contributed by atoms with van der Waals surface area (Å²) in [6.07, 6.45) is 0. The Morgan fingerprint density at radius 1 is 0.735 bits per heavy atom. The molecule has 6 aromatic rings. The fourth-order valence-electron chi connectivity index (χ4n) is 4.94. The molecule has 0 spiro atoms. The SMILES string of the molecule is CC1(C)OB(c2ccc3c(c2)c2c4sc5ccccc5c4sc2n3-c2ccccc2)OC1(C)C. The van der Waals surface area contributed by atoms with Gasteiger partial charge in [-0.15, -0.1) is 22.7 Å². The maximum atomic E-state index is 6.40. The molecule has 0 aliphatic carbocycles. The zero-order chi connectivity index (χ0) is 23.2. The molecule has 4 heterocycles. The van der Waals surface area contributed by atoms with Gasteiger partial charge in [-0.1, -0.05) is 48.5 Å². The lowest BCUT2D eigenvalue weighted by atomic mass is 9.78. The maximum absolute atomic E-state index is 6.40. The zero-order valence-corrected chi connectivity index (χ0v) is 21.2. The van der Waals surface area contributed by atoms with Crippen molar-refractivity contribution in [3.05, 3.63) is 72.8 Å². The number of hydrogen-bond acceptors (Lipinski definition) is 4. The molecule has 168 valence electrons. The highest BCUT2D eigenvalue weighted by Gasteiger charge is 2.51. The smallest absolute Gasteiger partial charge is 0.399 e. The molecule has 3 aromatic heterocycles. The van der Waals surface area contributed by atoms with Gasteiger partial charge >= 0.3 is 7.12 Å². The number of benzene rings is 3. The first-order valence-electron chi connectivity index (χ1n) is 11.6. The first kappa shape index (κ1) is 20.7. The highest BCUT2D eigenvalue weighted by atomic mass is 32.1. The molecule has 1 saturated heterocycles. The van der Waals surface area contributed by atoms with Gasteiger partial charge < -0.3 is 13.9 Å². The van der Waals surface area contributed by atoms with E-state index in [2.05, 4.69) is 105 Å². The fraction of sp³-hybridized carbons (Fsp3) is 0.214. The summed E-state index contributed by atoms with van der Waals surface area (Å²) in [5.41, 5.74) is 2.74. The third-order valence-corrected chi connectivity index (χ3v) is 9.99. The molecule has 6 heteroatoms. The molecule has 0 unspecified atom stereocenters. The molecule has 34 heavy (non-hydrogen) atoms. The van der Waals surface area contributed by atoms with E-state index in [-0.39, 0.29) is 18.3 Å². The Labute approximate surface area is 206 Å². The van der Waals surface area contributed by atoms with E-state index in [0.29, 0.717) is 0 Å². The largest absolute Gasteiger partial charge is 0.494 e. The van der Waals surface area contributed by atoms with Gasteiger partial charge in [0.25, 0.3) is 0 Å². The molecular weight excluding hydrogens is 457 g/mol. The molecule has 0 amide bonds. The minimum atomic E-state index is -0.374. The van der Waals surface area contributed by atoms with E-state index >= 15 is 0 Å². The summed E-state index contributed by atoms with van der Waals surface area (Å²) in [5.74, 6) is 0. The van der Waals surface area contributed by atoms with Crippen molar-refractivity contribution in [2.75, 3.05) is 0 Å². The van der Waals surface area contributed by atoms with Gasteiger partial charge in [-0.2, -0.15) is 0 Å². The molecule has 7 rings (SSSR count). The van der Waals surface area contributed by atoms with Crippen molar-refractivity contribution in [3.8, 4) is 5.69 Å². The fourth-order valence-corrected chi connectivity index (χ4v) is 7.77. The summed E-state index contributed by atoms with van der Waals surface area (Å²) < 4.78 is 19.3. The van der Waals surface area contributed by atoms with Crippen LogP contribution in [0.15, 0.2) is 72.8 Å². The van der Waals surface area contributed by atoms with Crippen LogP contribution in [0.5, 0.6) is 0 Å². The van der Waals surface area contributed by atoms with Crippen LogP contribution in [0, 0.1) is 0 Å². The maximum Gasteiger partial charge on any atom is 0.494 e. The summed E-state index contributed by atoms with van der Waals surface area (Å²) >= 11 is 3.79. The minimum Gasteiger partial charge on any atom is -0.399 e. The molecule has 1 aliphatic rings. The van der Waals surface area contributed by atoms with Gasteiger partial charge in [0, 0.05) is 26.5 Å². The number of nitrogens with zero attached hydrogens (tertiary/aromatic N) is 1. The predicted molar refractivity (Wildman–Crippen MR) is 147 cm³/mol. The zero-order valence-electron chi connectivity index (χ0n) is 19.6. The molecule has 0 radical (unpaired) electrons. The molecule has 1 aliphatic heterocycles. The Morgan fingerprint density at radius 3 is 2.21 bits per heavy atom. The second-order valence-electron chi connectivity index (χ2n) is 10.1. The molecule has 0 atom stereocenters. The van der Waals surface area contributed by atoms with Crippen LogP contribution in [-0.4, -0.2) is 22.9 Å². The molecule has 0 N–H and O–H groups in total. The van der Waals surface area contributed by atoms with Gasteiger partial charge in [0.1, 0.15) is 4.83 Å². The van der Waals surface area contributed by atoms with Crippen molar-refractivity contribution >= 4 is 75.9 Å². The van der Waals surface area contributed by atoms with E-state index < -0.39 is 0 Å². The highest BCUT2D eigenvalue weighted by Crippen LogP contribution is 2.48. The monoisotopic (exact) mass is 481 g/mol. The Morgan fingerprint density at radius 2 is 1.44 bits per heavy atom. The second-order valence-corrected chi connectivity index (χ2v) is 12.1. The summed E-state index contributed by atoms with van der Waals surface area (Å²) in [4.78, 5) is 1.29. The van der Waals surface area contributed by atoms with Gasteiger partial charge in [0.2, 0.25) is 0 Å². The standard InChI is InChI=1S/C28H24BNO2S2/c1-27(2)28(3,4)32-29(31-27)17-14-15-21-20(16-17)23-25-24(19-12-8-9-13-22(19)33-25)34-26(23)30(21)18-10-6-5-7-11-18/h5-16H,1-4H3. The number of rotatable bonds is 2. The second kappa shape index (κ2) is 6.95. The van der Waals surface area contributed by atoms with E-state index in [0.717, 1.165) is 5.46 Å². The van der Waals surface area contributed by atoms with Gasteiger partial charge in [-0.05, 0) is 57.4 Å². The first-order chi connectivity index (χ1) is 16.3. The number of fused-ring (bicyclic) bond motifs is 7. The van der Waals surface area contributed by atoms with Crippen molar-refractivity contribution in [3.63, 3.8) is 0 Å². The van der Waals surface area contributed by atoms with Gasteiger partial charge in [0.15, 0.2) is 0 Å². The minimum absolute atomic E-state index is 0.362. The molecule has 3 aromatic carbocycles. The van der Waals surface area contributed by atoms with Crippen molar-refractivity contribution in [1.29, 1.82) is 0 Å². The topological polar surface area (TPSA) is 23.4 Å². The summed E-state index contributed by atoms with van der Waals surface area (Å²) in [5, 5.41) is 3.93. The van der Waals surface area contributed by atoms with E-state index in [4.69, 9.17) is 9.31 Å². The van der Waals surface area contributed by atoms with Crippen molar-refractivity contribution in [1.82, 2.24) is 4.57 Å². The van der Waals surface area contributed by atoms with Crippen LogP contribution in [0.3, 0.4) is 0 Å². The molecule has 0 bridgehead atoms. The van der Waals surface area contributed by atoms with Crippen LogP contribution >= 0.6 is 22.7 Å². The Hall–Kier alpha value is -2.64. The number of thiophene rings is 2. The molecule has 3 nitrogen and oxygen atoms in total. The molecule has 0 saturated carbocycles. The average Bonchev–Trinajstić information content (AvgIpc) is 3.50. The average molecular weight is 481 g/mol. The third-order valence-electron chi connectivity index (χ3n) is 7.46.